The number of nitrogens with two attached hydrogens (primary N) is 1. The Morgan fingerprint density at radius 1 is 1.64 bits per heavy atom. The van der Waals surface area contributed by atoms with E-state index in [-0.39, 0.29) is 0 Å². The molecule has 1 nitrogen and oxygen atoms in total. The van der Waals surface area contributed by atoms with Crippen molar-refractivity contribution in [3.63, 3.8) is 0 Å². The summed E-state index contributed by atoms with van der Waals surface area (Å²) in [7, 11) is 0. The Morgan fingerprint density at radius 3 is 3.00 bits per heavy atom. The van der Waals surface area contributed by atoms with E-state index >= 15 is 0 Å². The summed E-state index contributed by atoms with van der Waals surface area (Å²) in [4.78, 5) is 1.40. The summed E-state index contributed by atoms with van der Waals surface area (Å²) in [6, 6.07) is 4.23. The SMILES string of the molecule is C=CC[NH2+]Cc1ccc(Br)s1. The molecule has 0 atom stereocenters. The predicted octanol–water partition coefficient (Wildman–Crippen LogP) is 1.76. The fourth-order valence-electron chi connectivity index (χ4n) is 0.805. The van der Waals surface area contributed by atoms with Crippen LogP contribution < -0.4 is 5.32 Å². The van der Waals surface area contributed by atoms with E-state index in [1.807, 2.05) is 6.08 Å². The number of hydrogen-bond acceptors (Lipinski definition) is 1. The van der Waals surface area contributed by atoms with E-state index in [0.717, 1.165) is 13.1 Å². The highest BCUT2D eigenvalue weighted by molar-refractivity contribution is 9.11. The van der Waals surface area contributed by atoms with Crippen LogP contribution in [0.3, 0.4) is 0 Å². The van der Waals surface area contributed by atoms with Gasteiger partial charge in [-0.3, -0.25) is 0 Å². The van der Waals surface area contributed by atoms with Gasteiger partial charge in [0.2, 0.25) is 0 Å². The van der Waals surface area contributed by atoms with Gasteiger partial charge in [0.25, 0.3) is 0 Å². The number of quaternary nitrogens is 1. The smallest absolute Gasteiger partial charge is 0.111 e. The molecule has 0 aliphatic rings. The summed E-state index contributed by atoms with van der Waals surface area (Å²) in [6.07, 6.45) is 1.92. The maximum atomic E-state index is 3.66. The highest BCUT2D eigenvalue weighted by Gasteiger charge is 1.97. The Labute approximate surface area is 79.3 Å². The van der Waals surface area contributed by atoms with Crippen molar-refractivity contribution in [1.29, 1.82) is 0 Å². The summed E-state index contributed by atoms with van der Waals surface area (Å²) in [5.41, 5.74) is 0. The third-order valence-electron chi connectivity index (χ3n) is 1.31. The van der Waals surface area contributed by atoms with Crippen molar-refractivity contribution in [3.05, 3.63) is 33.5 Å². The van der Waals surface area contributed by atoms with Gasteiger partial charge in [-0.1, -0.05) is 6.58 Å². The fraction of sp³-hybridized carbons (Fsp3) is 0.250. The van der Waals surface area contributed by atoms with Crippen LogP contribution in [0.4, 0.5) is 0 Å². The average Bonchev–Trinajstić information content (AvgIpc) is 2.37. The Hall–Kier alpha value is -0.120. The van der Waals surface area contributed by atoms with Crippen molar-refractivity contribution in [1.82, 2.24) is 0 Å². The quantitative estimate of drug-likeness (QED) is 0.602. The normalized spacial score (nSPS) is 9.91. The molecule has 0 saturated heterocycles. The minimum atomic E-state index is 0.996. The average molecular weight is 233 g/mol. The van der Waals surface area contributed by atoms with Crippen molar-refractivity contribution in [2.45, 2.75) is 6.54 Å². The first-order chi connectivity index (χ1) is 5.33. The molecule has 0 spiro atoms. The lowest BCUT2D eigenvalue weighted by Crippen LogP contribution is -2.82. The van der Waals surface area contributed by atoms with Crippen LogP contribution in [0.5, 0.6) is 0 Å². The van der Waals surface area contributed by atoms with Crippen LogP contribution >= 0.6 is 27.3 Å². The van der Waals surface area contributed by atoms with Gasteiger partial charge in [-0.05, 0) is 34.1 Å². The van der Waals surface area contributed by atoms with Gasteiger partial charge in [-0.2, -0.15) is 0 Å². The molecule has 0 aromatic carbocycles. The molecule has 2 N–H and O–H groups in total. The molecule has 60 valence electrons. The van der Waals surface area contributed by atoms with E-state index < -0.39 is 0 Å². The third kappa shape index (κ3) is 3.18. The molecule has 0 bridgehead atoms. The highest BCUT2D eigenvalue weighted by atomic mass is 79.9. The van der Waals surface area contributed by atoms with E-state index in [4.69, 9.17) is 0 Å². The molecule has 1 rings (SSSR count). The van der Waals surface area contributed by atoms with Gasteiger partial charge in [0.05, 0.1) is 15.2 Å². The molecular formula is C8H11BrNS+. The van der Waals surface area contributed by atoms with Crippen molar-refractivity contribution in [3.8, 4) is 0 Å². The molecule has 11 heavy (non-hydrogen) atoms. The van der Waals surface area contributed by atoms with E-state index in [9.17, 15) is 0 Å². The van der Waals surface area contributed by atoms with Gasteiger partial charge in [0.15, 0.2) is 0 Å². The van der Waals surface area contributed by atoms with Gasteiger partial charge in [0.1, 0.15) is 6.54 Å². The standard InChI is InChI=1S/C8H10BrNS/c1-2-5-10-6-7-3-4-8(9)11-7/h2-4,10H,1,5-6H2/p+1. The van der Waals surface area contributed by atoms with Crippen LogP contribution in [-0.2, 0) is 6.54 Å². The van der Waals surface area contributed by atoms with E-state index in [1.165, 1.54) is 8.66 Å². The Bertz CT molecular complexity index is 232. The molecule has 0 amide bonds. The van der Waals surface area contributed by atoms with Crippen LogP contribution in [0.15, 0.2) is 28.6 Å². The zero-order valence-electron chi connectivity index (χ0n) is 6.22. The van der Waals surface area contributed by atoms with Crippen LogP contribution in [0.1, 0.15) is 4.88 Å². The molecule has 3 heteroatoms. The lowest BCUT2D eigenvalue weighted by molar-refractivity contribution is -0.661. The molecule has 0 radical (unpaired) electrons. The van der Waals surface area contributed by atoms with Crippen LogP contribution in [-0.4, -0.2) is 6.54 Å². The van der Waals surface area contributed by atoms with Gasteiger partial charge in [-0.25, -0.2) is 0 Å². The summed E-state index contributed by atoms with van der Waals surface area (Å²) >= 11 is 5.21. The van der Waals surface area contributed by atoms with Crippen molar-refractivity contribution in [2.24, 2.45) is 0 Å². The zero-order valence-corrected chi connectivity index (χ0v) is 8.62. The first kappa shape index (κ1) is 8.97. The van der Waals surface area contributed by atoms with Crippen molar-refractivity contribution in [2.75, 3.05) is 6.54 Å². The monoisotopic (exact) mass is 232 g/mol. The molecular weight excluding hydrogens is 222 g/mol. The predicted molar refractivity (Wildman–Crippen MR) is 52.7 cm³/mol. The summed E-state index contributed by atoms with van der Waals surface area (Å²) in [6.45, 7) is 5.71. The minimum absolute atomic E-state index is 0.996. The van der Waals surface area contributed by atoms with Crippen molar-refractivity contribution >= 4 is 27.3 Å². The van der Waals surface area contributed by atoms with Crippen molar-refractivity contribution < 1.29 is 5.32 Å². The zero-order chi connectivity index (χ0) is 8.10. The molecule has 0 fully saturated rings. The van der Waals surface area contributed by atoms with Gasteiger partial charge in [-0.15, -0.1) is 11.3 Å². The number of rotatable bonds is 4. The highest BCUT2D eigenvalue weighted by Crippen LogP contribution is 2.20. The van der Waals surface area contributed by atoms with E-state index in [0.29, 0.717) is 0 Å². The number of thiophene rings is 1. The molecule has 1 aromatic heterocycles. The summed E-state index contributed by atoms with van der Waals surface area (Å²) in [5, 5.41) is 2.23. The van der Waals surface area contributed by atoms with Gasteiger partial charge in [0, 0.05) is 0 Å². The Morgan fingerprint density at radius 2 is 2.45 bits per heavy atom. The summed E-state index contributed by atoms with van der Waals surface area (Å²) in [5.74, 6) is 0. The number of halogens is 1. The summed E-state index contributed by atoms with van der Waals surface area (Å²) < 4.78 is 1.21. The molecule has 0 aliphatic heterocycles. The van der Waals surface area contributed by atoms with E-state index in [1.54, 1.807) is 11.3 Å². The first-order valence-corrected chi connectivity index (χ1v) is 5.10. The minimum Gasteiger partial charge on any atom is -0.339 e. The molecule has 1 aromatic rings. The second-order valence-corrected chi connectivity index (χ2v) is 4.77. The lowest BCUT2D eigenvalue weighted by atomic mass is 10.4. The maximum absolute atomic E-state index is 3.66. The van der Waals surface area contributed by atoms with Crippen LogP contribution in [0, 0.1) is 0 Å². The fourth-order valence-corrected chi connectivity index (χ4v) is 2.28. The van der Waals surface area contributed by atoms with Crippen LogP contribution in [0.25, 0.3) is 0 Å². The molecule has 0 aliphatic carbocycles. The van der Waals surface area contributed by atoms with Gasteiger partial charge < -0.3 is 5.32 Å². The number of hydrogen-bond donors (Lipinski definition) is 1. The molecule has 1 heterocycles. The third-order valence-corrected chi connectivity index (χ3v) is 2.95. The second-order valence-electron chi connectivity index (χ2n) is 2.22. The first-order valence-electron chi connectivity index (χ1n) is 3.49. The molecule has 0 unspecified atom stereocenters. The Balaban J connectivity index is 2.32. The van der Waals surface area contributed by atoms with E-state index in [2.05, 4.69) is 40.0 Å². The topological polar surface area (TPSA) is 16.6 Å². The lowest BCUT2D eigenvalue weighted by Gasteiger charge is -1.92. The van der Waals surface area contributed by atoms with Gasteiger partial charge >= 0.3 is 0 Å². The Kier molecular flexibility index (Phi) is 3.83. The molecule has 0 saturated carbocycles. The largest absolute Gasteiger partial charge is 0.339 e. The second kappa shape index (κ2) is 4.70. The van der Waals surface area contributed by atoms with Crippen LogP contribution in [0.2, 0.25) is 0 Å². The maximum Gasteiger partial charge on any atom is 0.111 e.